The molecule has 0 radical (unpaired) electrons. The lowest BCUT2D eigenvalue weighted by atomic mass is 10.6. The first-order valence-corrected chi connectivity index (χ1v) is 5.53. The summed E-state index contributed by atoms with van der Waals surface area (Å²) in [5.74, 6) is 0.993. The molecule has 1 heterocycles. The molecule has 0 aromatic carbocycles. The summed E-state index contributed by atoms with van der Waals surface area (Å²) in [6.45, 7) is 4.38. The van der Waals surface area contributed by atoms with E-state index in [-0.39, 0.29) is 5.28 Å². The molecule has 2 N–H and O–H groups in total. The molecule has 0 spiro atoms. The molecule has 0 amide bonds. The lowest BCUT2D eigenvalue weighted by Gasteiger charge is -2.10. The minimum Gasteiger partial charge on any atom is -0.354 e. The average molecular weight is 245 g/mol. The van der Waals surface area contributed by atoms with Gasteiger partial charge in [0.1, 0.15) is 0 Å². The number of nitrogens with one attached hydrogen (secondary N) is 2. The maximum atomic E-state index is 5.77. The fourth-order valence-electron chi connectivity index (χ4n) is 1.06. The number of anilines is 2. The van der Waals surface area contributed by atoms with Crippen molar-refractivity contribution in [2.45, 2.75) is 6.92 Å². The Morgan fingerprint density at radius 1 is 1.12 bits per heavy atom. The molecular weight excluding hydrogens is 228 g/mol. The van der Waals surface area contributed by atoms with Gasteiger partial charge in [-0.1, -0.05) is 0 Å². The second-order valence-corrected chi connectivity index (χ2v) is 3.85. The first-order chi connectivity index (χ1) is 7.61. The van der Waals surface area contributed by atoms with Crippen LogP contribution in [0.3, 0.4) is 0 Å². The first kappa shape index (κ1) is 12.9. The summed E-state index contributed by atoms with van der Waals surface area (Å²) in [4.78, 5) is 14.2. The van der Waals surface area contributed by atoms with Gasteiger partial charge in [-0.25, -0.2) is 0 Å². The maximum absolute atomic E-state index is 5.77. The van der Waals surface area contributed by atoms with Crippen molar-refractivity contribution in [1.82, 2.24) is 19.9 Å². The van der Waals surface area contributed by atoms with Crippen LogP contribution in [0.5, 0.6) is 0 Å². The van der Waals surface area contributed by atoms with Crippen LogP contribution in [0, 0.1) is 0 Å². The van der Waals surface area contributed by atoms with Crippen LogP contribution in [-0.4, -0.2) is 53.6 Å². The van der Waals surface area contributed by atoms with Crippen LogP contribution < -0.4 is 10.6 Å². The number of aromatic nitrogens is 3. The summed E-state index contributed by atoms with van der Waals surface area (Å²) in [6, 6.07) is 0. The second kappa shape index (κ2) is 6.44. The topological polar surface area (TPSA) is 66.0 Å². The predicted molar refractivity (Wildman–Crippen MR) is 66.0 cm³/mol. The van der Waals surface area contributed by atoms with Gasteiger partial charge in [0, 0.05) is 19.6 Å². The average Bonchev–Trinajstić information content (AvgIpc) is 2.16. The Bertz CT molecular complexity index is 330. The van der Waals surface area contributed by atoms with Gasteiger partial charge in [0.15, 0.2) is 0 Å². The van der Waals surface area contributed by atoms with Crippen molar-refractivity contribution < 1.29 is 0 Å². The van der Waals surface area contributed by atoms with Crippen molar-refractivity contribution in [3.63, 3.8) is 0 Å². The molecule has 16 heavy (non-hydrogen) atoms. The minimum atomic E-state index is 0.193. The number of hydrogen-bond donors (Lipinski definition) is 2. The summed E-state index contributed by atoms with van der Waals surface area (Å²) >= 11 is 5.77. The van der Waals surface area contributed by atoms with E-state index in [9.17, 15) is 0 Å². The predicted octanol–water partition coefficient (Wildman–Crippen LogP) is 0.930. The lowest BCUT2D eigenvalue weighted by molar-refractivity contribution is 0.425. The lowest BCUT2D eigenvalue weighted by Crippen LogP contribution is -2.21. The molecule has 0 atom stereocenters. The zero-order valence-electron chi connectivity index (χ0n) is 9.79. The quantitative estimate of drug-likeness (QED) is 0.776. The molecule has 0 saturated heterocycles. The summed E-state index contributed by atoms with van der Waals surface area (Å²) in [5.41, 5.74) is 0. The van der Waals surface area contributed by atoms with Gasteiger partial charge < -0.3 is 15.5 Å². The van der Waals surface area contributed by atoms with E-state index in [1.807, 2.05) is 21.0 Å². The molecule has 1 aromatic heterocycles. The summed E-state index contributed by atoms with van der Waals surface area (Å²) < 4.78 is 0. The highest BCUT2D eigenvalue weighted by atomic mass is 35.5. The Hall–Kier alpha value is -1.14. The Morgan fingerprint density at radius 3 is 2.31 bits per heavy atom. The number of likely N-dealkylation sites (N-methyl/N-ethyl adjacent to an activating group) is 1. The van der Waals surface area contributed by atoms with Crippen molar-refractivity contribution in [1.29, 1.82) is 0 Å². The second-order valence-electron chi connectivity index (χ2n) is 3.51. The van der Waals surface area contributed by atoms with E-state index in [4.69, 9.17) is 11.6 Å². The Labute approximate surface area is 100 Å². The highest BCUT2D eigenvalue weighted by Gasteiger charge is 2.03. The van der Waals surface area contributed by atoms with Gasteiger partial charge in [-0.15, -0.1) is 0 Å². The molecule has 0 aliphatic rings. The monoisotopic (exact) mass is 244 g/mol. The van der Waals surface area contributed by atoms with Crippen molar-refractivity contribution >= 4 is 23.5 Å². The maximum Gasteiger partial charge on any atom is 0.228 e. The van der Waals surface area contributed by atoms with Gasteiger partial charge in [-0.05, 0) is 32.6 Å². The number of rotatable bonds is 6. The van der Waals surface area contributed by atoms with Crippen LogP contribution >= 0.6 is 11.6 Å². The molecule has 0 fully saturated rings. The van der Waals surface area contributed by atoms with Gasteiger partial charge in [0.2, 0.25) is 17.2 Å². The largest absolute Gasteiger partial charge is 0.354 e. The molecule has 90 valence electrons. The van der Waals surface area contributed by atoms with Crippen molar-refractivity contribution in [2.75, 3.05) is 44.4 Å². The zero-order chi connectivity index (χ0) is 12.0. The third-order valence-corrected chi connectivity index (χ3v) is 1.95. The molecule has 0 unspecified atom stereocenters. The fraction of sp³-hybridized carbons (Fsp3) is 0.667. The van der Waals surface area contributed by atoms with E-state index in [2.05, 4.69) is 30.5 Å². The third kappa shape index (κ3) is 4.59. The molecule has 0 aliphatic carbocycles. The van der Waals surface area contributed by atoms with E-state index < -0.39 is 0 Å². The summed E-state index contributed by atoms with van der Waals surface area (Å²) in [6.07, 6.45) is 0. The molecule has 0 bridgehead atoms. The van der Waals surface area contributed by atoms with Crippen LogP contribution in [0.15, 0.2) is 0 Å². The Morgan fingerprint density at radius 2 is 1.75 bits per heavy atom. The van der Waals surface area contributed by atoms with Crippen LogP contribution in [0.1, 0.15) is 6.92 Å². The molecule has 1 rings (SSSR count). The van der Waals surface area contributed by atoms with E-state index in [0.29, 0.717) is 11.9 Å². The van der Waals surface area contributed by atoms with Gasteiger partial charge in [0.05, 0.1) is 0 Å². The van der Waals surface area contributed by atoms with Gasteiger partial charge >= 0.3 is 0 Å². The smallest absolute Gasteiger partial charge is 0.228 e. The molecule has 6 nitrogen and oxygen atoms in total. The molecule has 0 saturated carbocycles. The van der Waals surface area contributed by atoms with E-state index in [1.54, 1.807) is 0 Å². The molecule has 1 aromatic rings. The molecule has 0 aliphatic heterocycles. The van der Waals surface area contributed by atoms with Crippen LogP contribution in [0.25, 0.3) is 0 Å². The normalized spacial score (nSPS) is 10.6. The summed E-state index contributed by atoms with van der Waals surface area (Å²) in [7, 11) is 4.01. The SMILES string of the molecule is CCNc1nc(Cl)nc(NCCN(C)C)n1. The van der Waals surface area contributed by atoms with Crippen molar-refractivity contribution in [2.24, 2.45) is 0 Å². The standard InChI is InChI=1S/C9H17ClN6/c1-4-11-8-13-7(10)14-9(15-8)12-5-6-16(2)3/h4-6H2,1-3H3,(H2,11,12,13,14,15). The highest BCUT2D eigenvalue weighted by Crippen LogP contribution is 2.08. The van der Waals surface area contributed by atoms with Gasteiger partial charge in [-0.3, -0.25) is 0 Å². The molecule has 7 heteroatoms. The number of nitrogens with zero attached hydrogens (tertiary/aromatic N) is 4. The number of halogens is 1. The Balaban J connectivity index is 2.58. The summed E-state index contributed by atoms with van der Waals surface area (Å²) in [5, 5.41) is 6.27. The number of hydrogen-bond acceptors (Lipinski definition) is 6. The highest BCUT2D eigenvalue weighted by molar-refractivity contribution is 6.28. The van der Waals surface area contributed by atoms with Gasteiger partial charge in [-0.2, -0.15) is 15.0 Å². The Kier molecular flexibility index (Phi) is 5.21. The first-order valence-electron chi connectivity index (χ1n) is 5.16. The zero-order valence-corrected chi connectivity index (χ0v) is 10.5. The minimum absolute atomic E-state index is 0.193. The van der Waals surface area contributed by atoms with Crippen molar-refractivity contribution in [3.05, 3.63) is 5.28 Å². The fourth-order valence-corrected chi connectivity index (χ4v) is 1.22. The van der Waals surface area contributed by atoms with E-state index in [0.717, 1.165) is 19.6 Å². The van der Waals surface area contributed by atoms with Crippen molar-refractivity contribution in [3.8, 4) is 0 Å². The van der Waals surface area contributed by atoms with Crippen LogP contribution in [0.4, 0.5) is 11.9 Å². The van der Waals surface area contributed by atoms with Crippen LogP contribution in [-0.2, 0) is 0 Å². The van der Waals surface area contributed by atoms with E-state index in [1.165, 1.54) is 0 Å². The van der Waals surface area contributed by atoms with E-state index >= 15 is 0 Å². The van der Waals surface area contributed by atoms with Gasteiger partial charge in [0.25, 0.3) is 0 Å². The van der Waals surface area contributed by atoms with Crippen LogP contribution in [0.2, 0.25) is 5.28 Å². The molecular formula is C9H17ClN6. The third-order valence-electron chi connectivity index (χ3n) is 1.79.